The van der Waals surface area contributed by atoms with Crippen LogP contribution in [0.15, 0.2) is 6.20 Å². The average molecular weight is 322 g/mol. The maximum absolute atomic E-state index is 11.4. The fourth-order valence-electron chi connectivity index (χ4n) is 3.55. The van der Waals surface area contributed by atoms with E-state index in [1.807, 2.05) is 10.9 Å². The average Bonchev–Trinajstić information content (AvgIpc) is 2.95. The summed E-state index contributed by atoms with van der Waals surface area (Å²) in [4.78, 5) is 25.2. The van der Waals surface area contributed by atoms with Crippen molar-refractivity contribution in [3.8, 4) is 0 Å². The zero-order chi connectivity index (χ0) is 16.4. The van der Waals surface area contributed by atoms with Crippen LogP contribution in [0.2, 0.25) is 0 Å². The molecule has 1 aromatic heterocycles. The zero-order valence-electron chi connectivity index (χ0n) is 13.0. The first-order chi connectivity index (χ1) is 11.1. The molecule has 1 atom stereocenters. The van der Waals surface area contributed by atoms with Crippen LogP contribution in [-0.4, -0.2) is 67.7 Å². The summed E-state index contributed by atoms with van der Waals surface area (Å²) in [6, 6.07) is -0.319. The van der Waals surface area contributed by atoms with Gasteiger partial charge in [-0.05, 0) is 37.7 Å². The van der Waals surface area contributed by atoms with Gasteiger partial charge in [-0.1, -0.05) is 0 Å². The minimum absolute atomic E-state index is 0.226. The van der Waals surface area contributed by atoms with Crippen LogP contribution in [0.25, 0.3) is 0 Å². The van der Waals surface area contributed by atoms with E-state index in [4.69, 9.17) is 5.11 Å². The van der Waals surface area contributed by atoms with E-state index in [1.165, 1.54) is 27.5 Å². The summed E-state index contributed by atoms with van der Waals surface area (Å²) in [6.07, 6.45) is 4.95. The van der Waals surface area contributed by atoms with E-state index in [0.29, 0.717) is 13.0 Å². The Hall–Kier alpha value is -2.25. The monoisotopic (exact) mass is 322 g/mol. The number of hydrogen-bond acceptors (Lipinski definition) is 3. The van der Waals surface area contributed by atoms with Crippen LogP contribution in [0.4, 0.5) is 9.59 Å². The lowest BCUT2D eigenvalue weighted by Crippen LogP contribution is -2.56. The molecular weight excluding hydrogens is 300 g/mol. The molecule has 0 unspecified atom stereocenters. The van der Waals surface area contributed by atoms with Gasteiger partial charge in [-0.2, -0.15) is 5.10 Å². The van der Waals surface area contributed by atoms with Gasteiger partial charge in [0.1, 0.15) is 0 Å². The lowest BCUT2D eigenvalue weighted by molar-refractivity contribution is 0.0593. The molecule has 1 aliphatic carbocycles. The molecule has 8 nitrogen and oxygen atoms in total. The van der Waals surface area contributed by atoms with Gasteiger partial charge < -0.3 is 20.0 Å². The number of rotatable bonds is 3. The fourth-order valence-corrected chi connectivity index (χ4v) is 3.55. The number of carboxylic acid groups (broad SMARTS) is 2. The van der Waals surface area contributed by atoms with Gasteiger partial charge in [0.05, 0.1) is 12.2 Å². The van der Waals surface area contributed by atoms with E-state index in [9.17, 15) is 14.7 Å². The van der Waals surface area contributed by atoms with Crippen LogP contribution in [0.3, 0.4) is 0 Å². The second-order valence-electron chi connectivity index (χ2n) is 6.19. The molecule has 0 saturated carbocycles. The number of amides is 2. The van der Waals surface area contributed by atoms with Gasteiger partial charge in [0.15, 0.2) is 0 Å². The van der Waals surface area contributed by atoms with Crippen molar-refractivity contribution in [2.24, 2.45) is 0 Å². The molecule has 2 amide bonds. The van der Waals surface area contributed by atoms with E-state index >= 15 is 0 Å². The second-order valence-corrected chi connectivity index (χ2v) is 6.19. The molecule has 2 heterocycles. The number of nitrogens with zero attached hydrogens (tertiary/aromatic N) is 4. The minimum Gasteiger partial charge on any atom is -0.465 e. The molecule has 1 aromatic rings. The first-order valence-electron chi connectivity index (χ1n) is 8.07. The Morgan fingerprint density at radius 2 is 1.96 bits per heavy atom. The third-order valence-electron chi connectivity index (χ3n) is 4.82. The summed E-state index contributed by atoms with van der Waals surface area (Å²) in [5, 5.41) is 22.9. The van der Waals surface area contributed by atoms with Crippen LogP contribution in [0, 0.1) is 0 Å². The number of carbonyl (C=O) groups is 2. The van der Waals surface area contributed by atoms with Crippen molar-refractivity contribution in [1.82, 2.24) is 19.6 Å². The molecular formula is C15H22N4O4. The summed E-state index contributed by atoms with van der Waals surface area (Å²) in [6.45, 7) is 1.31. The van der Waals surface area contributed by atoms with Crippen molar-refractivity contribution < 1.29 is 19.8 Å². The Bertz CT molecular complexity index is 600. The number of aromatic nitrogens is 2. The van der Waals surface area contributed by atoms with Crippen molar-refractivity contribution in [2.45, 2.75) is 44.7 Å². The predicted octanol–water partition coefficient (Wildman–Crippen LogP) is 1.49. The molecule has 1 aliphatic heterocycles. The number of hydrogen-bond donors (Lipinski definition) is 2. The van der Waals surface area contributed by atoms with Gasteiger partial charge in [-0.3, -0.25) is 4.68 Å². The van der Waals surface area contributed by atoms with Crippen LogP contribution >= 0.6 is 0 Å². The predicted molar refractivity (Wildman–Crippen MR) is 81.6 cm³/mol. The Kier molecular flexibility index (Phi) is 4.40. The molecule has 2 N–H and O–H groups in total. The lowest BCUT2D eigenvalue weighted by Gasteiger charge is -2.38. The number of fused-ring (bicyclic) bond motifs is 1. The van der Waals surface area contributed by atoms with E-state index in [0.717, 1.165) is 19.3 Å². The van der Waals surface area contributed by atoms with Gasteiger partial charge in [0.25, 0.3) is 0 Å². The summed E-state index contributed by atoms with van der Waals surface area (Å²) in [7, 11) is 0. The molecule has 1 fully saturated rings. The Morgan fingerprint density at radius 3 is 2.70 bits per heavy atom. The normalized spacial score (nSPS) is 21.1. The molecule has 8 heteroatoms. The highest BCUT2D eigenvalue weighted by Gasteiger charge is 2.32. The van der Waals surface area contributed by atoms with Crippen LogP contribution in [0.1, 0.15) is 30.5 Å². The molecule has 0 radical (unpaired) electrons. The zero-order valence-corrected chi connectivity index (χ0v) is 13.0. The Morgan fingerprint density at radius 1 is 1.17 bits per heavy atom. The van der Waals surface area contributed by atoms with Gasteiger partial charge in [-0.25, -0.2) is 9.59 Å². The van der Waals surface area contributed by atoms with Crippen LogP contribution in [-0.2, 0) is 19.4 Å². The summed E-state index contributed by atoms with van der Waals surface area (Å²) < 4.78 is 1.97. The van der Waals surface area contributed by atoms with Crippen LogP contribution < -0.4 is 0 Å². The van der Waals surface area contributed by atoms with Gasteiger partial charge in [-0.15, -0.1) is 0 Å². The van der Waals surface area contributed by atoms with Crippen molar-refractivity contribution in [3.05, 3.63) is 17.5 Å². The van der Waals surface area contributed by atoms with E-state index in [2.05, 4.69) is 5.10 Å². The first-order valence-corrected chi connectivity index (χ1v) is 8.07. The molecule has 0 aromatic carbocycles. The summed E-state index contributed by atoms with van der Waals surface area (Å²) >= 11 is 0. The second kappa shape index (κ2) is 6.47. The topological polar surface area (TPSA) is 98.9 Å². The largest absolute Gasteiger partial charge is 0.465 e. The fraction of sp³-hybridized carbons (Fsp3) is 0.667. The highest BCUT2D eigenvalue weighted by molar-refractivity contribution is 5.68. The van der Waals surface area contributed by atoms with Gasteiger partial charge >= 0.3 is 12.2 Å². The van der Waals surface area contributed by atoms with Crippen molar-refractivity contribution in [2.75, 3.05) is 19.6 Å². The van der Waals surface area contributed by atoms with Crippen molar-refractivity contribution in [3.63, 3.8) is 0 Å². The standard InChI is InChI=1S/C15H22N4O4/c20-14(21)17-7-8-18(15(22)23)12(10-17)5-6-19-13-4-2-1-3-11(13)9-16-19/h9,12H,1-8,10H2,(H,20,21)(H,22,23)/t12-/m1/s1. The van der Waals surface area contributed by atoms with E-state index < -0.39 is 12.2 Å². The van der Waals surface area contributed by atoms with Crippen molar-refractivity contribution in [1.29, 1.82) is 0 Å². The molecule has 0 bridgehead atoms. The third kappa shape index (κ3) is 3.25. The SMILES string of the molecule is O=C(O)N1CCN(C(=O)O)[C@H](CCn2ncc3c2CCCC3)C1. The minimum atomic E-state index is -0.989. The summed E-state index contributed by atoms with van der Waals surface area (Å²) in [5.74, 6) is 0. The lowest BCUT2D eigenvalue weighted by atomic mass is 9.98. The van der Waals surface area contributed by atoms with Crippen LogP contribution in [0.5, 0.6) is 0 Å². The quantitative estimate of drug-likeness (QED) is 0.878. The third-order valence-corrected chi connectivity index (χ3v) is 4.82. The molecule has 23 heavy (non-hydrogen) atoms. The maximum Gasteiger partial charge on any atom is 0.407 e. The highest BCUT2D eigenvalue weighted by atomic mass is 16.4. The highest BCUT2D eigenvalue weighted by Crippen LogP contribution is 2.22. The first kappa shape index (κ1) is 15.6. The van der Waals surface area contributed by atoms with Gasteiger partial charge in [0.2, 0.25) is 0 Å². The summed E-state index contributed by atoms with van der Waals surface area (Å²) in [5.41, 5.74) is 2.55. The number of aryl methyl sites for hydroxylation is 2. The van der Waals surface area contributed by atoms with E-state index in [-0.39, 0.29) is 25.7 Å². The Balaban J connectivity index is 1.67. The van der Waals surface area contributed by atoms with E-state index in [1.54, 1.807) is 0 Å². The van der Waals surface area contributed by atoms with Crippen molar-refractivity contribution >= 4 is 12.2 Å². The maximum atomic E-state index is 11.4. The molecule has 3 rings (SSSR count). The molecule has 2 aliphatic rings. The smallest absolute Gasteiger partial charge is 0.407 e. The number of piperazine rings is 1. The molecule has 0 spiro atoms. The van der Waals surface area contributed by atoms with Gasteiger partial charge in [0, 0.05) is 31.9 Å². The molecule has 126 valence electrons. The molecule has 1 saturated heterocycles. The Labute approximate surface area is 134 Å².